The van der Waals surface area contributed by atoms with Crippen molar-refractivity contribution in [2.24, 2.45) is 0 Å². The molecule has 1 N–H and O–H groups in total. The number of hydrogen-bond donors (Lipinski definition) is 1. The van der Waals surface area contributed by atoms with Crippen LogP contribution < -0.4 is 5.32 Å². The molecule has 0 aromatic heterocycles. The van der Waals surface area contributed by atoms with Gasteiger partial charge in [0.15, 0.2) is 6.61 Å². The fourth-order valence-electron chi connectivity index (χ4n) is 2.54. The van der Waals surface area contributed by atoms with E-state index in [1.54, 1.807) is 6.08 Å². The van der Waals surface area contributed by atoms with Crippen LogP contribution in [0.1, 0.15) is 43.4 Å². The van der Waals surface area contributed by atoms with Gasteiger partial charge in [0.05, 0.1) is 6.04 Å². The van der Waals surface area contributed by atoms with Gasteiger partial charge in [-0.3, -0.25) is 4.79 Å². The van der Waals surface area contributed by atoms with Gasteiger partial charge in [-0.25, -0.2) is 4.79 Å². The van der Waals surface area contributed by atoms with E-state index >= 15 is 0 Å². The molecule has 4 nitrogen and oxygen atoms in total. The first-order chi connectivity index (χ1) is 10.2. The Morgan fingerprint density at radius 3 is 3.00 bits per heavy atom. The zero-order valence-electron chi connectivity index (χ0n) is 12.3. The van der Waals surface area contributed by atoms with E-state index in [0.717, 1.165) is 25.7 Å². The second kappa shape index (κ2) is 7.62. The van der Waals surface area contributed by atoms with Crippen LogP contribution >= 0.6 is 0 Å². The first-order valence-electron chi connectivity index (χ1n) is 7.41. The van der Waals surface area contributed by atoms with E-state index in [2.05, 4.69) is 17.4 Å². The minimum absolute atomic E-state index is 0.0207. The Balaban J connectivity index is 1.86. The number of hydrogen-bond acceptors (Lipinski definition) is 3. The van der Waals surface area contributed by atoms with Crippen LogP contribution in [0.2, 0.25) is 0 Å². The molecule has 1 aliphatic rings. The highest BCUT2D eigenvalue weighted by molar-refractivity contribution is 5.85. The lowest BCUT2D eigenvalue weighted by atomic mass is 9.88. The molecule has 1 aromatic carbocycles. The van der Waals surface area contributed by atoms with E-state index in [0.29, 0.717) is 0 Å². The van der Waals surface area contributed by atoms with Crippen molar-refractivity contribution in [3.05, 3.63) is 47.5 Å². The van der Waals surface area contributed by atoms with Crippen LogP contribution in [-0.2, 0) is 20.7 Å². The maximum absolute atomic E-state index is 11.9. The number of rotatable bonds is 5. The molecule has 0 unspecified atom stereocenters. The highest BCUT2D eigenvalue weighted by Crippen LogP contribution is 2.29. The highest BCUT2D eigenvalue weighted by Gasteiger charge is 2.21. The maximum atomic E-state index is 11.9. The third-order valence-corrected chi connectivity index (χ3v) is 3.54. The van der Waals surface area contributed by atoms with Crippen molar-refractivity contribution in [2.45, 2.75) is 38.6 Å². The number of fused-ring (bicyclic) bond motifs is 1. The van der Waals surface area contributed by atoms with Gasteiger partial charge in [-0.1, -0.05) is 37.3 Å². The van der Waals surface area contributed by atoms with Crippen LogP contribution in [0, 0.1) is 0 Å². The average Bonchev–Trinajstić information content (AvgIpc) is 2.51. The van der Waals surface area contributed by atoms with Crippen LogP contribution in [0.25, 0.3) is 0 Å². The predicted octanol–water partition coefficient (Wildman–Crippen LogP) is 2.69. The van der Waals surface area contributed by atoms with Gasteiger partial charge < -0.3 is 10.1 Å². The molecule has 2 rings (SSSR count). The van der Waals surface area contributed by atoms with Gasteiger partial charge in [-0.2, -0.15) is 0 Å². The van der Waals surface area contributed by atoms with Crippen molar-refractivity contribution in [1.29, 1.82) is 0 Å². The summed E-state index contributed by atoms with van der Waals surface area (Å²) in [6, 6.07) is 8.18. The fraction of sp³-hybridized carbons (Fsp3) is 0.412. The van der Waals surface area contributed by atoms with E-state index in [1.807, 2.05) is 19.1 Å². The van der Waals surface area contributed by atoms with E-state index < -0.39 is 5.97 Å². The smallest absolute Gasteiger partial charge is 0.330 e. The lowest BCUT2D eigenvalue weighted by Crippen LogP contribution is -2.34. The molecule has 1 aliphatic carbocycles. The minimum Gasteiger partial charge on any atom is -0.452 e. The summed E-state index contributed by atoms with van der Waals surface area (Å²) in [6.45, 7) is 1.70. The number of ether oxygens (including phenoxy) is 1. The maximum Gasteiger partial charge on any atom is 0.330 e. The quantitative estimate of drug-likeness (QED) is 0.669. The van der Waals surface area contributed by atoms with Gasteiger partial charge in [-0.05, 0) is 36.8 Å². The fourth-order valence-corrected chi connectivity index (χ4v) is 2.54. The molecule has 1 aromatic rings. The molecular formula is C17H21NO3. The van der Waals surface area contributed by atoms with Crippen LogP contribution in [0.4, 0.5) is 0 Å². The van der Waals surface area contributed by atoms with E-state index in [1.165, 1.54) is 17.2 Å². The van der Waals surface area contributed by atoms with Gasteiger partial charge in [0.2, 0.25) is 0 Å². The average molecular weight is 287 g/mol. The van der Waals surface area contributed by atoms with Crippen molar-refractivity contribution in [1.82, 2.24) is 5.32 Å². The van der Waals surface area contributed by atoms with Crippen LogP contribution in [-0.4, -0.2) is 18.5 Å². The summed E-state index contributed by atoms with van der Waals surface area (Å²) in [5.74, 6) is -0.731. The number of amides is 1. The summed E-state index contributed by atoms with van der Waals surface area (Å²) in [6.07, 6.45) is 6.85. The minimum atomic E-state index is -0.476. The topological polar surface area (TPSA) is 55.4 Å². The lowest BCUT2D eigenvalue weighted by molar-refractivity contribution is -0.144. The van der Waals surface area contributed by atoms with Crippen molar-refractivity contribution < 1.29 is 14.3 Å². The molecule has 0 aliphatic heterocycles. The standard InChI is InChI=1S/C17H21NO3/c1-2-3-11-17(20)21-12-16(19)18-15-10-6-8-13-7-4-5-9-14(13)15/h3-5,7,9,11,15H,2,6,8,10,12H2,1H3,(H,18,19)/b11-3+/t15-/m0/s1. The second-order valence-corrected chi connectivity index (χ2v) is 5.13. The van der Waals surface area contributed by atoms with Crippen LogP contribution in [0.15, 0.2) is 36.4 Å². The molecule has 4 heteroatoms. The summed E-state index contributed by atoms with van der Waals surface area (Å²) in [7, 11) is 0. The molecule has 0 spiro atoms. The van der Waals surface area contributed by atoms with Gasteiger partial charge in [0.25, 0.3) is 5.91 Å². The number of esters is 1. The second-order valence-electron chi connectivity index (χ2n) is 5.13. The number of benzene rings is 1. The zero-order valence-corrected chi connectivity index (χ0v) is 12.3. The first kappa shape index (κ1) is 15.3. The van der Waals surface area contributed by atoms with E-state index in [9.17, 15) is 9.59 Å². The summed E-state index contributed by atoms with van der Waals surface area (Å²) in [5.41, 5.74) is 2.46. The Labute approximate surface area is 125 Å². The van der Waals surface area contributed by atoms with Crippen LogP contribution in [0.5, 0.6) is 0 Å². The zero-order chi connectivity index (χ0) is 15.1. The number of carbonyl (C=O) groups excluding carboxylic acids is 2. The molecule has 1 amide bonds. The Hall–Kier alpha value is -2.10. The summed E-state index contributed by atoms with van der Waals surface area (Å²) in [5, 5.41) is 2.95. The Morgan fingerprint density at radius 1 is 1.38 bits per heavy atom. The number of carbonyl (C=O) groups is 2. The Bertz CT molecular complexity index is 537. The van der Waals surface area contributed by atoms with Gasteiger partial charge >= 0.3 is 5.97 Å². The molecule has 0 heterocycles. The lowest BCUT2D eigenvalue weighted by Gasteiger charge is -2.26. The van der Waals surface area contributed by atoms with Crippen molar-refractivity contribution in [2.75, 3.05) is 6.61 Å². The molecule has 0 bridgehead atoms. The largest absolute Gasteiger partial charge is 0.452 e. The molecule has 0 saturated carbocycles. The van der Waals surface area contributed by atoms with Crippen molar-refractivity contribution in [3.63, 3.8) is 0 Å². The van der Waals surface area contributed by atoms with Crippen molar-refractivity contribution >= 4 is 11.9 Å². The van der Waals surface area contributed by atoms with Crippen LogP contribution in [0.3, 0.4) is 0 Å². The Morgan fingerprint density at radius 2 is 2.19 bits per heavy atom. The van der Waals surface area contributed by atoms with Crippen molar-refractivity contribution in [3.8, 4) is 0 Å². The SMILES string of the molecule is CC/C=C/C(=O)OCC(=O)N[C@H]1CCCc2ccccc21. The molecule has 1 atom stereocenters. The predicted molar refractivity (Wildman–Crippen MR) is 80.7 cm³/mol. The van der Waals surface area contributed by atoms with Gasteiger partial charge in [-0.15, -0.1) is 0 Å². The summed E-state index contributed by atoms with van der Waals surface area (Å²) >= 11 is 0. The molecule has 21 heavy (non-hydrogen) atoms. The Kier molecular flexibility index (Phi) is 5.55. The molecule has 0 fully saturated rings. The monoisotopic (exact) mass is 287 g/mol. The third-order valence-electron chi connectivity index (χ3n) is 3.54. The summed E-state index contributed by atoms with van der Waals surface area (Å²) < 4.78 is 4.90. The van der Waals surface area contributed by atoms with E-state index in [-0.39, 0.29) is 18.6 Å². The van der Waals surface area contributed by atoms with E-state index in [4.69, 9.17) is 4.74 Å². The van der Waals surface area contributed by atoms with Gasteiger partial charge in [0.1, 0.15) is 0 Å². The molecule has 0 saturated heterocycles. The summed E-state index contributed by atoms with van der Waals surface area (Å²) in [4.78, 5) is 23.2. The number of aryl methyl sites for hydroxylation is 1. The molecule has 112 valence electrons. The number of nitrogens with one attached hydrogen (secondary N) is 1. The first-order valence-corrected chi connectivity index (χ1v) is 7.41. The highest BCUT2D eigenvalue weighted by atomic mass is 16.5. The molecule has 0 radical (unpaired) electrons. The number of allylic oxidation sites excluding steroid dienone is 1. The normalized spacial score (nSPS) is 17.3. The van der Waals surface area contributed by atoms with Gasteiger partial charge in [0, 0.05) is 6.08 Å². The molecular weight excluding hydrogens is 266 g/mol. The third kappa shape index (κ3) is 4.45.